The summed E-state index contributed by atoms with van der Waals surface area (Å²) in [5.41, 5.74) is -4.51. The Kier molecular flexibility index (Phi) is 5.29. The average Bonchev–Trinajstić information content (AvgIpc) is 3.44. The molecule has 162 valence electrons. The summed E-state index contributed by atoms with van der Waals surface area (Å²) < 4.78 is 79.4. The van der Waals surface area contributed by atoms with Crippen molar-refractivity contribution in [1.29, 1.82) is 0 Å². The van der Waals surface area contributed by atoms with E-state index in [9.17, 15) is 35.9 Å². The van der Waals surface area contributed by atoms with E-state index in [-0.39, 0.29) is 11.3 Å². The van der Waals surface area contributed by atoms with Gasteiger partial charge in [0.15, 0.2) is 0 Å². The second kappa shape index (κ2) is 7.33. The Morgan fingerprint density at radius 3 is 2.23 bits per heavy atom. The van der Waals surface area contributed by atoms with Gasteiger partial charge in [-0.15, -0.1) is 0 Å². The molecule has 1 fully saturated rings. The molecule has 0 atom stereocenters. The minimum Gasteiger partial charge on any atom is -0.382 e. The topological polar surface area (TPSA) is 76.0 Å². The van der Waals surface area contributed by atoms with Gasteiger partial charge in [-0.1, -0.05) is 0 Å². The average molecular weight is 434 g/mol. The predicted molar refractivity (Wildman–Crippen MR) is 95.5 cm³/mol. The van der Waals surface area contributed by atoms with Gasteiger partial charge < -0.3 is 10.6 Å². The van der Waals surface area contributed by atoms with E-state index in [0.29, 0.717) is 35.7 Å². The number of pyridine rings is 2. The van der Waals surface area contributed by atoms with E-state index >= 15 is 0 Å². The molecule has 0 radical (unpaired) electrons. The SMILES string of the molecule is CNc1c(NC(=O)c2ncc(C(F)(F)F)cc2C)cc(C(F)(F)F)n(C2CC2)c1=O. The van der Waals surface area contributed by atoms with Gasteiger partial charge in [0.1, 0.15) is 17.1 Å². The summed E-state index contributed by atoms with van der Waals surface area (Å²) in [6.07, 6.45) is -8.22. The van der Waals surface area contributed by atoms with Crippen LogP contribution in [0.15, 0.2) is 23.1 Å². The van der Waals surface area contributed by atoms with E-state index in [2.05, 4.69) is 15.6 Å². The Labute approximate surface area is 165 Å². The second-order valence-corrected chi connectivity index (χ2v) is 6.81. The van der Waals surface area contributed by atoms with Crippen LogP contribution in [-0.2, 0) is 12.4 Å². The molecule has 2 N–H and O–H groups in total. The van der Waals surface area contributed by atoms with Gasteiger partial charge in [-0.3, -0.25) is 19.1 Å². The third-order valence-electron chi connectivity index (χ3n) is 4.56. The number of nitrogens with zero attached hydrogens (tertiary/aromatic N) is 2. The lowest BCUT2D eigenvalue weighted by molar-refractivity contribution is -0.144. The first-order valence-corrected chi connectivity index (χ1v) is 8.74. The van der Waals surface area contributed by atoms with Gasteiger partial charge in [-0.25, -0.2) is 0 Å². The third-order valence-corrected chi connectivity index (χ3v) is 4.56. The van der Waals surface area contributed by atoms with Crippen molar-refractivity contribution in [1.82, 2.24) is 9.55 Å². The van der Waals surface area contributed by atoms with Gasteiger partial charge in [-0.05, 0) is 37.5 Å². The zero-order chi connectivity index (χ0) is 22.4. The quantitative estimate of drug-likeness (QED) is 0.707. The molecule has 2 aromatic rings. The smallest absolute Gasteiger partial charge is 0.382 e. The molecule has 0 spiro atoms. The van der Waals surface area contributed by atoms with Gasteiger partial charge >= 0.3 is 12.4 Å². The number of aryl methyl sites for hydroxylation is 1. The summed E-state index contributed by atoms with van der Waals surface area (Å²) in [5.74, 6) is -1.05. The molecule has 6 nitrogen and oxygen atoms in total. The minimum atomic E-state index is -4.85. The van der Waals surface area contributed by atoms with Crippen molar-refractivity contribution >= 4 is 17.3 Å². The highest BCUT2D eigenvalue weighted by molar-refractivity contribution is 6.05. The Balaban J connectivity index is 2.03. The van der Waals surface area contributed by atoms with E-state index in [0.717, 1.165) is 0 Å². The zero-order valence-corrected chi connectivity index (χ0v) is 15.7. The van der Waals surface area contributed by atoms with Crippen LogP contribution in [0.25, 0.3) is 0 Å². The lowest BCUT2D eigenvalue weighted by Crippen LogP contribution is -2.31. The van der Waals surface area contributed by atoms with E-state index in [1.807, 2.05) is 0 Å². The number of hydrogen-bond acceptors (Lipinski definition) is 4. The first kappa shape index (κ1) is 21.7. The van der Waals surface area contributed by atoms with Crippen molar-refractivity contribution in [2.75, 3.05) is 17.7 Å². The summed E-state index contributed by atoms with van der Waals surface area (Å²) in [7, 11) is 1.30. The Hall–Kier alpha value is -3.05. The molecule has 0 aromatic carbocycles. The maximum atomic E-state index is 13.5. The molecule has 2 aromatic heterocycles. The lowest BCUT2D eigenvalue weighted by atomic mass is 10.1. The van der Waals surface area contributed by atoms with Gasteiger partial charge in [0, 0.05) is 19.3 Å². The summed E-state index contributed by atoms with van der Waals surface area (Å²) >= 11 is 0. The fraction of sp³-hybridized carbons (Fsp3) is 0.389. The normalized spacial score (nSPS) is 14.5. The van der Waals surface area contributed by atoms with Crippen LogP contribution in [0.1, 0.15) is 46.2 Å². The molecule has 3 rings (SSSR count). The Morgan fingerprint density at radius 2 is 1.77 bits per heavy atom. The molecular weight excluding hydrogens is 418 g/mol. The standard InChI is InChI=1S/C18H16F6N4O2/c1-8-5-9(17(19,20)21)7-26-13(8)15(29)27-11-6-12(18(22,23)24)28(10-3-4-10)16(30)14(11)25-2/h5-7,10,25H,3-4H2,1-2H3,(H,27,29). The molecule has 0 unspecified atom stereocenters. The maximum Gasteiger partial charge on any atom is 0.431 e. The predicted octanol–water partition coefficient (Wildman–Crippen LogP) is 4.22. The summed E-state index contributed by atoms with van der Waals surface area (Å²) in [6, 6.07) is 0.750. The number of anilines is 2. The number of carbonyl (C=O) groups is 1. The van der Waals surface area contributed by atoms with Crippen molar-refractivity contribution in [2.24, 2.45) is 0 Å². The molecule has 12 heteroatoms. The summed E-state index contributed by atoms with van der Waals surface area (Å²) in [6.45, 7) is 1.21. The number of hydrogen-bond donors (Lipinski definition) is 2. The minimum absolute atomic E-state index is 0.129. The number of aromatic nitrogens is 2. The first-order valence-electron chi connectivity index (χ1n) is 8.74. The van der Waals surface area contributed by atoms with Crippen molar-refractivity contribution in [3.05, 3.63) is 51.2 Å². The first-order chi connectivity index (χ1) is 13.8. The zero-order valence-electron chi connectivity index (χ0n) is 15.7. The van der Waals surface area contributed by atoms with Crippen LogP contribution >= 0.6 is 0 Å². The number of amides is 1. The Morgan fingerprint density at radius 1 is 1.13 bits per heavy atom. The van der Waals surface area contributed by atoms with Crippen LogP contribution in [0.5, 0.6) is 0 Å². The molecule has 2 heterocycles. The van der Waals surface area contributed by atoms with Crippen molar-refractivity contribution in [3.63, 3.8) is 0 Å². The van der Waals surface area contributed by atoms with Crippen molar-refractivity contribution in [2.45, 2.75) is 38.2 Å². The number of alkyl halides is 6. The van der Waals surface area contributed by atoms with E-state index in [4.69, 9.17) is 0 Å². The highest BCUT2D eigenvalue weighted by atomic mass is 19.4. The number of rotatable bonds is 4. The van der Waals surface area contributed by atoms with Crippen LogP contribution in [0.3, 0.4) is 0 Å². The highest BCUT2D eigenvalue weighted by Gasteiger charge is 2.40. The second-order valence-electron chi connectivity index (χ2n) is 6.81. The largest absolute Gasteiger partial charge is 0.431 e. The fourth-order valence-corrected chi connectivity index (χ4v) is 3.03. The maximum absolute atomic E-state index is 13.5. The molecular formula is C18H16F6N4O2. The molecule has 1 saturated carbocycles. The van der Waals surface area contributed by atoms with Gasteiger partial charge in [0.05, 0.1) is 11.3 Å². The van der Waals surface area contributed by atoms with E-state index in [1.165, 1.54) is 14.0 Å². The van der Waals surface area contributed by atoms with Crippen molar-refractivity contribution < 1.29 is 31.1 Å². The number of carbonyl (C=O) groups excluding carboxylic acids is 1. The Bertz CT molecular complexity index is 1050. The lowest BCUT2D eigenvalue weighted by Gasteiger charge is -2.19. The summed E-state index contributed by atoms with van der Waals surface area (Å²) in [4.78, 5) is 28.6. The van der Waals surface area contributed by atoms with Crippen LogP contribution in [0.4, 0.5) is 37.7 Å². The monoisotopic (exact) mass is 434 g/mol. The summed E-state index contributed by atoms with van der Waals surface area (Å²) in [5, 5.41) is 4.64. The van der Waals surface area contributed by atoms with E-state index < -0.39 is 52.5 Å². The fourth-order valence-electron chi connectivity index (χ4n) is 3.03. The van der Waals surface area contributed by atoms with Crippen LogP contribution in [0.2, 0.25) is 0 Å². The van der Waals surface area contributed by atoms with Gasteiger partial charge in [0.25, 0.3) is 11.5 Å². The molecule has 0 bridgehead atoms. The van der Waals surface area contributed by atoms with Crippen molar-refractivity contribution in [3.8, 4) is 0 Å². The molecule has 1 aliphatic rings. The molecule has 30 heavy (non-hydrogen) atoms. The van der Waals surface area contributed by atoms with Gasteiger partial charge in [-0.2, -0.15) is 26.3 Å². The molecule has 1 amide bonds. The number of nitrogens with one attached hydrogen (secondary N) is 2. The van der Waals surface area contributed by atoms with E-state index in [1.54, 1.807) is 0 Å². The van der Waals surface area contributed by atoms with Gasteiger partial charge in [0.2, 0.25) is 0 Å². The molecule has 0 aliphatic heterocycles. The van der Waals surface area contributed by atoms with Crippen LogP contribution in [0, 0.1) is 6.92 Å². The molecule has 1 aliphatic carbocycles. The van der Waals surface area contributed by atoms with Crippen LogP contribution < -0.4 is 16.2 Å². The van der Waals surface area contributed by atoms with Crippen LogP contribution in [-0.4, -0.2) is 22.5 Å². The number of halogens is 6. The highest BCUT2D eigenvalue weighted by Crippen LogP contribution is 2.41. The third kappa shape index (κ3) is 4.12. The molecule has 0 saturated heterocycles.